The number of amides is 2. The molecule has 2 aromatic rings. The third-order valence-electron chi connectivity index (χ3n) is 4.83. The molecule has 1 N–H and O–H groups in total. The summed E-state index contributed by atoms with van der Waals surface area (Å²) in [5.41, 5.74) is 2.66. The van der Waals surface area contributed by atoms with Gasteiger partial charge in [0.15, 0.2) is 6.61 Å². The summed E-state index contributed by atoms with van der Waals surface area (Å²) >= 11 is 1.08. The number of ether oxygens (including phenoxy) is 2. The number of esters is 1. The van der Waals surface area contributed by atoms with Gasteiger partial charge in [0, 0.05) is 13.1 Å². The van der Waals surface area contributed by atoms with Crippen molar-refractivity contribution in [2.75, 3.05) is 31.6 Å². The molecule has 0 unspecified atom stereocenters. The molecule has 2 amide bonds. The summed E-state index contributed by atoms with van der Waals surface area (Å²) < 4.78 is 10.8. The molecule has 0 aliphatic rings. The lowest BCUT2D eigenvalue weighted by molar-refractivity contribution is -0.118. The molecule has 0 saturated carbocycles. The number of nitrogens with one attached hydrogen (secondary N) is 1. The lowest BCUT2D eigenvalue weighted by Crippen LogP contribution is -2.30. The summed E-state index contributed by atoms with van der Waals surface area (Å²) in [5, 5.41) is 3.02. The zero-order chi connectivity index (χ0) is 23.1. The second-order valence-electron chi connectivity index (χ2n) is 7.06. The highest BCUT2D eigenvalue weighted by Gasteiger charge is 2.28. The summed E-state index contributed by atoms with van der Waals surface area (Å²) in [5.74, 6) is -0.541. The first kappa shape index (κ1) is 24.4. The Kier molecular flexibility index (Phi) is 8.62. The van der Waals surface area contributed by atoms with Crippen LogP contribution in [-0.2, 0) is 9.53 Å². The lowest BCUT2D eigenvalue weighted by Gasteiger charge is -2.18. The van der Waals surface area contributed by atoms with Gasteiger partial charge in [-0.15, -0.1) is 11.3 Å². The molecule has 0 saturated heterocycles. The van der Waals surface area contributed by atoms with Crippen LogP contribution in [0.3, 0.4) is 0 Å². The molecule has 0 spiro atoms. The topological polar surface area (TPSA) is 84.9 Å². The van der Waals surface area contributed by atoms with Gasteiger partial charge in [-0.25, -0.2) is 4.79 Å². The van der Waals surface area contributed by atoms with Crippen LogP contribution in [0.1, 0.15) is 57.5 Å². The van der Waals surface area contributed by atoms with Gasteiger partial charge < -0.3 is 19.7 Å². The average molecular weight is 447 g/mol. The zero-order valence-electron chi connectivity index (χ0n) is 19.0. The van der Waals surface area contributed by atoms with E-state index < -0.39 is 11.9 Å². The fourth-order valence-electron chi connectivity index (χ4n) is 3.08. The van der Waals surface area contributed by atoms with Crippen LogP contribution in [0.4, 0.5) is 5.00 Å². The number of rotatable bonds is 9. The van der Waals surface area contributed by atoms with Crippen molar-refractivity contribution >= 4 is 34.1 Å². The zero-order valence-corrected chi connectivity index (χ0v) is 19.8. The van der Waals surface area contributed by atoms with Gasteiger partial charge in [-0.3, -0.25) is 9.59 Å². The van der Waals surface area contributed by atoms with E-state index in [0.717, 1.165) is 22.5 Å². The Hall–Kier alpha value is -2.87. The smallest absolute Gasteiger partial charge is 0.341 e. The first-order valence-corrected chi connectivity index (χ1v) is 11.1. The lowest BCUT2D eigenvalue weighted by atomic mass is 10.1. The fraction of sp³-hybridized carbons (Fsp3) is 0.435. The van der Waals surface area contributed by atoms with Crippen molar-refractivity contribution in [1.29, 1.82) is 0 Å². The van der Waals surface area contributed by atoms with E-state index >= 15 is 0 Å². The molecule has 7 nitrogen and oxygen atoms in total. The molecule has 1 aromatic heterocycles. The van der Waals surface area contributed by atoms with Gasteiger partial charge in [0.05, 0.1) is 17.0 Å². The maximum Gasteiger partial charge on any atom is 0.341 e. The fourth-order valence-corrected chi connectivity index (χ4v) is 4.26. The van der Waals surface area contributed by atoms with Crippen LogP contribution in [0.25, 0.3) is 0 Å². The van der Waals surface area contributed by atoms with Gasteiger partial charge in [-0.2, -0.15) is 0 Å². The molecule has 0 bridgehead atoms. The Balaban J connectivity index is 2.27. The predicted octanol–water partition coefficient (Wildman–Crippen LogP) is 4.35. The van der Waals surface area contributed by atoms with Crippen molar-refractivity contribution in [3.63, 3.8) is 0 Å². The van der Waals surface area contributed by atoms with E-state index in [1.807, 2.05) is 45.9 Å². The second-order valence-corrected chi connectivity index (χ2v) is 8.08. The van der Waals surface area contributed by atoms with Crippen molar-refractivity contribution < 1.29 is 23.9 Å². The summed E-state index contributed by atoms with van der Waals surface area (Å²) in [6.45, 7) is 12.1. The van der Waals surface area contributed by atoms with Crippen molar-refractivity contribution in [2.45, 2.75) is 41.5 Å². The third-order valence-corrected chi connectivity index (χ3v) is 6.02. The van der Waals surface area contributed by atoms with Gasteiger partial charge in [-0.05, 0) is 64.3 Å². The van der Waals surface area contributed by atoms with E-state index in [0.29, 0.717) is 34.3 Å². The largest absolute Gasteiger partial charge is 0.483 e. The average Bonchev–Trinajstić information content (AvgIpc) is 3.05. The predicted molar refractivity (Wildman–Crippen MR) is 122 cm³/mol. The number of carbonyl (C=O) groups excluding carboxylic acids is 3. The van der Waals surface area contributed by atoms with Gasteiger partial charge in [0.2, 0.25) is 0 Å². The Morgan fingerprint density at radius 3 is 2.35 bits per heavy atom. The second kappa shape index (κ2) is 10.9. The number of nitrogens with zero attached hydrogens (tertiary/aromatic N) is 1. The number of hydrogen-bond acceptors (Lipinski definition) is 6. The van der Waals surface area contributed by atoms with Crippen LogP contribution < -0.4 is 10.1 Å². The van der Waals surface area contributed by atoms with Crippen LogP contribution in [-0.4, -0.2) is 49.0 Å². The van der Waals surface area contributed by atoms with Crippen LogP contribution >= 0.6 is 11.3 Å². The highest BCUT2D eigenvalue weighted by atomic mass is 32.1. The molecule has 0 aliphatic carbocycles. The minimum absolute atomic E-state index is 0.176. The number of hydrogen-bond donors (Lipinski definition) is 1. The molecule has 0 radical (unpaired) electrons. The molecule has 1 aromatic carbocycles. The minimum Gasteiger partial charge on any atom is -0.483 e. The van der Waals surface area contributed by atoms with Crippen molar-refractivity contribution in [3.8, 4) is 5.75 Å². The highest BCUT2D eigenvalue weighted by molar-refractivity contribution is 7.18. The van der Waals surface area contributed by atoms with Crippen LogP contribution in [0.15, 0.2) is 18.2 Å². The Labute approximate surface area is 187 Å². The molecule has 168 valence electrons. The van der Waals surface area contributed by atoms with Crippen LogP contribution in [0.2, 0.25) is 0 Å². The molecule has 31 heavy (non-hydrogen) atoms. The quantitative estimate of drug-likeness (QED) is 0.579. The summed E-state index contributed by atoms with van der Waals surface area (Å²) in [6.07, 6.45) is 0. The van der Waals surface area contributed by atoms with Crippen molar-refractivity contribution in [3.05, 3.63) is 45.3 Å². The molecule has 1 heterocycles. The number of benzene rings is 1. The number of carbonyl (C=O) groups is 3. The maximum absolute atomic E-state index is 12.9. The summed E-state index contributed by atoms with van der Waals surface area (Å²) in [6, 6.07) is 5.76. The first-order valence-electron chi connectivity index (χ1n) is 10.3. The Morgan fingerprint density at radius 2 is 1.74 bits per heavy atom. The molecular weight excluding hydrogens is 416 g/mol. The number of aryl methyl sites for hydroxylation is 2. The van der Waals surface area contributed by atoms with Crippen LogP contribution in [0.5, 0.6) is 5.75 Å². The monoisotopic (exact) mass is 446 g/mol. The number of anilines is 1. The number of thiophene rings is 1. The molecular formula is C23H30N2O5S. The first-order chi connectivity index (χ1) is 14.7. The van der Waals surface area contributed by atoms with Gasteiger partial charge in [0.25, 0.3) is 11.8 Å². The van der Waals surface area contributed by atoms with E-state index in [2.05, 4.69) is 5.32 Å². The third kappa shape index (κ3) is 5.85. The molecule has 0 aliphatic heterocycles. The van der Waals surface area contributed by atoms with Crippen LogP contribution in [0, 0.1) is 20.8 Å². The van der Waals surface area contributed by atoms with Gasteiger partial charge in [0.1, 0.15) is 10.8 Å². The molecule has 8 heteroatoms. The van der Waals surface area contributed by atoms with E-state index in [-0.39, 0.29) is 24.7 Å². The Morgan fingerprint density at radius 1 is 1.06 bits per heavy atom. The van der Waals surface area contributed by atoms with Gasteiger partial charge in [-0.1, -0.05) is 12.1 Å². The maximum atomic E-state index is 12.9. The Bertz CT molecular complexity index is 963. The van der Waals surface area contributed by atoms with E-state index in [1.165, 1.54) is 0 Å². The minimum atomic E-state index is -0.569. The standard InChI is InChI=1S/C23H30N2O5S/c1-7-25(8-2)22(27)20-16(6)19(23(28)29-9-3)21(31-20)24-18(26)13-30-17-12-14(4)10-11-15(17)5/h10-12H,7-9,13H2,1-6H3,(H,24,26). The molecule has 0 atom stereocenters. The highest BCUT2D eigenvalue weighted by Crippen LogP contribution is 2.34. The molecule has 2 rings (SSSR count). The molecule has 0 fully saturated rings. The summed E-state index contributed by atoms with van der Waals surface area (Å²) in [4.78, 5) is 40.1. The normalized spacial score (nSPS) is 10.5. The van der Waals surface area contributed by atoms with E-state index in [9.17, 15) is 14.4 Å². The van der Waals surface area contributed by atoms with E-state index in [1.54, 1.807) is 18.7 Å². The van der Waals surface area contributed by atoms with Gasteiger partial charge >= 0.3 is 5.97 Å². The van der Waals surface area contributed by atoms with E-state index in [4.69, 9.17) is 9.47 Å². The van der Waals surface area contributed by atoms with Crippen molar-refractivity contribution in [2.24, 2.45) is 0 Å². The summed E-state index contributed by atoms with van der Waals surface area (Å²) in [7, 11) is 0. The van der Waals surface area contributed by atoms with Crippen molar-refractivity contribution in [1.82, 2.24) is 4.90 Å². The SMILES string of the molecule is CCOC(=O)c1c(NC(=O)COc2cc(C)ccc2C)sc(C(=O)N(CC)CC)c1C.